The summed E-state index contributed by atoms with van der Waals surface area (Å²) in [4.78, 5) is 24.3. The topological polar surface area (TPSA) is 91.0 Å². The molecule has 0 aromatic carbocycles. The molecule has 0 unspecified atom stereocenters. The molecular weight excluding hydrogens is 306 g/mol. The van der Waals surface area contributed by atoms with Crippen LogP contribution in [-0.4, -0.2) is 45.7 Å². The van der Waals surface area contributed by atoms with Gasteiger partial charge in [-0.1, -0.05) is 0 Å². The zero-order valence-corrected chi connectivity index (χ0v) is 11.0. The van der Waals surface area contributed by atoms with Crippen LogP contribution in [0, 0.1) is 0 Å². The Morgan fingerprint density at radius 2 is 1.94 bits per heavy atom. The second-order valence-electron chi connectivity index (χ2n) is 4.23. The van der Waals surface area contributed by atoms with E-state index in [2.05, 4.69) is 15.9 Å². The Labute approximate surface area is 111 Å². The van der Waals surface area contributed by atoms with E-state index in [1.807, 2.05) is 0 Å². The van der Waals surface area contributed by atoms with Crippen molar-refractivity contribution in [1.29, 1.82) is 0 Å². The minimum atomic E-state index is -1.72. The molecule has 6 nitrogen and oxygen atoms in total. The molecule has 1 aromatic rings. The summed E-state index contributed by atoms with van der Waals surface area (Å²) >= 11 is 3.11. The van der Waals surface area contributed by atoms with Crippen molar-refractivity contribution in [3.63, 3.8) is 0 Å². The zero-order chi connectivity index (χ0) is 13.3. The summed E-state index contributed by atoms with van der Waals surface area (Å²) in [7, 11) is 0. The lowest BCUT2D eigenvalue weighted by Gasteiger charge is -2.34. The van der Waals surface area contributed by atoms with Gasteiger partial charge in [0.05, 0.1) is 0 Å². The van der Waals surface area contributed by atoms with Crippen molar-refractivity contribution in [2.24, 2.45) is 0 Å². The lowest BCUT2D eigenvalue weighted by atomic mass is 9.91. The van der Waals surface area contributed by atoms with Gasteiger partial charge in [0.1, 0.15) is 0 Å². The Bertz CT molecular complexity index is 476. The number of aliphatic hydroxyl groups is 1. The number of aliphatic carboxylic acids is 1. The first-order valence-corrected chi connectivity index (χ1v) is 6.22. The Morgan fingerprint density at radius 3 is 2.39 bits per heavy atom. The molecule has 18 heavy (non-hydrogen) atoms. The molecule has 0 radical (unpaired) electrons. The summed E-state index contributed by atoms with van der Waals surface area (Å²) in [6.45, 7) is 0.389. The van der Waals surface area contributed by atoms with Crippen molar-refractivity contribution in [3.8, 4) is 0 Å². The third-order valence-electron chi connectivity index (χ3n) is 3.06. The first-order chi connectivity index (χ1) is 8.42. The van der Waals surface area contributed by atoms with E-state index in [0.29, 0.717) is 4.67 Å². The number of furan rings is 1. The maximum Gasteiger partial charge on any atom is 0.335 e. The standard InChI is InChI=1S/C11H12BrNO5/c12-8-2-1-7(18-8)9(14)13-5-3-11(17,4-6-13)10(15)16/h1-2,17H,3-6H2,(H,15,16). The van der Waals surface area contributed by atoms with Crippen LogP contribution in [0.1, 0.15) is 23.4 Å². The van der Waals surface area contributed by atoms with Crippen LogP contribution in [0.3, 0.4) is 0 Å². The number of carboxylic acids is 1. The molecule has 98 valence electrons. The number of halogens is 1. The van der Waals surface area contributed by atoms with Crippen molar-refractivity contribution in [2.75, 3.05) is 13.1 Å². The van der Waals surface area contributed by atoms with Crippen molar-refractivity contribution >= 4 is 27.8 Å². The Hall–Kier alpha value is -1.34. The van der Waals surface area contributed by atoms with Gasteiger partial charge in [-0.25, -0.2) is 4.79 Å². The molecule has 1 aliphatic rings. The monoisotopic (exact) mass is 317 g/mol. The number of piperidine rings is 1. The number of hydrogen-bond acceptors (Lipinski definition) is 4. The van der Waals surface area contributed by atoms with Gasteiger partial charge in [0.2, 0.25) is 0 Å². The second kappa shape index (κ2) is 4.74. The predicted octanol–water partition coefficient (Wildman–Crippen LogP) is 1.09. The van der Waals surface area contributed by atoms with E-state index in [1.54, 1.807) is 12.1 Å². The minimum Gasteiger partial charge on any atom is -0.479 e. The van der Waals surface area contributed by atoms with Gasteiger partial charge in [0.15, 0.2) is 16.0 Å². The fourth-order valence-corrected chi connectivity index (χ4v) is 2.19. The van der Waals surface area contributed by atoms with Gasteiger partial charge in [-0.3, -0.25) is 4.79 Å². The van der Waals surface area contributed by atoms with E-state index < -0.39 is 11.6 Å². The summed E-state index contributed by atoms with van der Waals surface area (Å²) in [5.41, 5.74) is -1.72. The summed E-state index contributed by atoms with van der Waals surface area (Å²) in [6.07, 6.45) is 0.0475. The fourth-order valence-electron chi connectivity index (χ4n) is 1.88. The molecule has 7 heteroatoms. The van der Waals surface area contributed by atoms with Gasteiger partial charge in [-0.15, -0.1) is 0 Å². The highest BCUT2D eigenvalue weighted by atomic mass is 79.9. The van der Waals surface area contributed by atoms with E-state index in [9.17, 15) is 14.7 Å². The molecular formula is C11H12BrNO5. The summed E-state index contributed by atoms with van der Waals surface area (Å²) in [5, 5.41) is 18.6. The van der Waals surface area contributed by atoms with Gasteiger partial charge < -0.3 is 19.5 Å². The maximum absolute atomic E-state index is 12.0. The molecule has 2 rings (SSSR count). The number of amides is 1. The van der Waals surface area contributed by atoms with Crippen molar-refractivity contribution in [3.05, 3.63) is 22.6 Å². The molecule has 1 aromatic heterocycles. The highest BCUT2D eigenvalue weighted by molar-refractivity contribution is 9.10. The molecule has 0 atom stereocenters. The third kappa shape index (κ3) is 2.41. The predicted molar refractivity (Wildman–Crippen MR) is 64.1 cm³/mol. The van der Waals surface area contributed by atoms with Gasteiger partial charge in [-0.05, 0) is 28.1 Å². The molecule has 2 heterocycles. The SMILES string of the molecule is O=C(c1ccc(Br)o1)N1CCC(O)(C(=O)O)CC1. The smallest absolute Gasteiger partial charge is 0.335 e. The number of nitrogens with zero attached hydrogens (tertiary/aromatic N) is 1. The van der Waals surface area contributed by atoms with Crippen molar-refractivity contribution < 1.29 is 24.2 Å². The van der Waals surface area contributed by atoms with E-state index in [4.69, 9.17) is 9.52 Å². The molecule has 1 fully saturated rings. The lowest BCUT2D eigenvalue weighted by molar-refractivity contribution is -0.162. The Balaban J connectivity index is 2.02. The van der Waals surface area contributed by atoms with Gasteiger partial charge in [0.25, 0.3) is 5.91 Å². The van der Waals surface area contributed by atoms with Crippen molar-refractivity contribution in [1.82, 2.24) is 4.90 Å². The molecule has 1 aliphatic heterocycles. The average molecular weight is 318 g/mol. The molecule has 1 amide bonds. The number of carbonyl (C=O) groups excluding carboxylic acids is 1. The average Bonchev–Trinajstić information content (AvgIpc) is 2.76. The zero-order valence-electron chi connectivity index (χ0n) is 9.43. The van der Waals surface area contributed by atoms with Crippen LogP contribution >= 0.6 is 15.9 Å². The highest BCUT2D eigenvalue weighted by Gasteiger charge is 2.40. The number of carboxylic acid groups (broad SMARTS) is 1. The van der Waals surface area contributed by atoms with E-state index >= 15 is 0 Å². The summed E-state index contributed by atoms with van der Waals surface area (Å²) < 4.78 is 5.61. The van der Waals surface area contributed by atoms with Gasteiger partial charge in [0, 0.05) is 25.9 Å². The maximum atomic E-state index is 12.0. The van der Waals surface area contributed by atoms with Gasteiger partial charge in [-0.2, -0.15) is 0 Å². The highest BCUT2D eigenvalue weighted by Crippen LogP contribution is 2.24. The lowest BCUT2D eigenvalue weighted by Crippen LogP contribution is -2.50. The molecule has 0 bridgehead atoms. The number of carbonyl (C=O) groups is 2. The first-order valence-electron chi connectivity index (χ1n) is 5.43. The normalized spacial score (nSPS) is 18.7. The molecule has 0 saturated carbocycles. The fraction of sp³-hybridized carbons (Fsp3) is 0.455. The quantitative estimate of drug-likeness (QED) is 0.852. The van der Waals surface area contributed by atoms with Crippen LogP contribution in [0.4, 0.5) is 0 Å². The third-order valence-corrected chi connectivity index (χ3v) is 3.49. The Kier molecular flexibility index (Phi) is 3.45. The van der Waals surface area contributed by atoms with Crippen LogP contribution in [0.5, 0.6) is 0 Å². The molecule has 0 spiro atoms. The Morgan fingerprint density at radius 1 is 1.33 bits per heavy atom. The van der Waals surface area contributed by atoms with E-state index in [-0.39, 0.29) is 37.6 Å². The molecule has 1 saturated heterocycles. The van der Waals surface area contributed by atoms with Crippen LogP contribution < -0.4 is 0 Å². The molecule has 0 aliphatic carbocycles. The number of hydrogen-bond donors (Lipinski definition) is 2. The number of rotatable bonds is 2. The largest absolute Gasteiger partial charge is 0.479 e. The van der Waals surface area contributed by atoms with Crippen LogP contribution in [-0.2, 0) is 4.79 Å². The van der Waals surface area contributed by atoms with Crippen LogP contribution in [0.2, 0.25) is 0 Å². The van der Waals surface area contributed by atoms with Gasteiger partial charge >= 0.3 is 5.97 Å². The summed E-state index contributed by atoms with van der Waals surface area (Å²) in [6, 6.07) is 3.16. The minimum absolute atomic E-state index is 0.0238. The number of likely N-dealkylation sites (tertiary alicyclic amines) is 1. The van der Waals surface area contributed by atoms with E-state index in [1.165, 1.54) is 4.90 Å². The molecule has 2 N–H and O–H groups in total. The summed E-state index contributed by atoms with van der Waals surface area (Å²) in [5.74, 6) is -1.34. The van der Waals surface area contributed by atoms with Crippen molar-refractivity contribution in [2.45, 2.75) is 18.4 Å². The van der Waals surface area contributed by atoms with E-state index in [0.717, 1.165) is 0 Å². The van der Waals surface area contributed by atoms with Crippen LogP contribution in [0.15, 0.2) is 21.2 Å². The first kappa shape index (κ1) is 13.1. The van der Waals surface area contributed by atoms with Crippen LogP contribution in [0.25, 0.3) is 0 Å². The second-order valence-corrected chi connectivity index (χ2v) is 5.01.